The molecule has 1 aromatic carbocycles. The number of thiophene rings is 1. The summed E-state index contributed by atoms with van der Waals surface area (Å²) >= 11 is 4.58. The molecule has 0 aliphatic heterocycles. The summed E-state index contributed by atoms with van der Waals surface area (Å²) in [6, 6.07) is 10.6. The summed E-state index contributed by atoms with van der Waals surface area (Å²) in [6.07, 6.45) is 0. The second-order valence-corrected chi connectivity index (χ2v) is 6.69. The largest absolute Gasteiger partial charge is 0.480 e. The first-order chi connectivity index (χ1) is 9.47. The smallest absolute Gasteiger partial charge is 0.323 e. The van der Waals surface area contributed by atoms with Crippen LogP contribution in [0, 0.1) is 6.92 Å². The van der Waals surface area contributed by atoms with Gasteiger partial charge in [0.1, 0.15) is 6.54 Å². The highest BCUT2D eigenvalue weighted by Crippen LogP contribution is 2.25. The van der Waals surface area contributed by atoms with E-state index < -0.39 is 5.97 Å². The topological polar surface area (TPSA) is 57.6 Å². The Bertz CT molecular complexity index is 636. The summed E-state index contributed by atoms with van der Waals surface area (Å²) in [5.74, 6) is -1.36. The summed E-state index contributed by atoms with van der Waals surface area (Å²) in [6.45, 7) is 1.57. The van der Waals surface area contributed by atoms with Gasteiger partial charge < -0.3 is 5.11 Å². The van der Waals surface area contributed by atoms with Crippen molar-refractivity contribution in [2.45, 2.75) is 6.92 Å². The van der Waals surface area contributed by atoms with Gasteiger partial charge in [0.2, 0.25) is 0 Å². The number of halogens is 1. The van der Waals surface area contributed by atoms with Crippen LogP contribution in [0.4, 0.5) is 5.69 Å². The fraction of sp³-hybridized carbons (Fsp3) is 0.143. The van der Waals surface area contributed by atoms with Crippen LogP contribution in [0.1, 0.15) is 15.2 Å². The lowest BCUT2D eigenvalue weighted by atomic mass is 10.2. The van der Waals surface area contributed by atoms with Crippen LogP contribution in [0.2, 0.25) is 0 Å². The Balaban J connectivity index is 2.34. The summed E-state index contributed by atoms with van der Waals surface area (Å²) in [7, 11) is 0. The maximum atomic E-state index is 12.4. The molecule has 0 fully saturated rings. The van der Waals surface area contributed by atoms with Crippen molar-refractivity contribution in [2.75, 3.05) is 11.4 Å². The first-order valence-electron chi connectivity index (χ1n) is 5.83. The Morgan fingerprint density at radius 1 is 1.20 bits per heavy atom. The number of hydrogen-bond donors (Lipinski definition) is 1. The van der Waals surface area contributed by atoms with E-state index in [-0.39, 0.29) is 12.5 Å². The Morgan fingerprint density at radius 3 is 2.35 bits per heavy atom. The number of rotatable bonds is 4. The van der Waals surface area contributed by atoms with Crippen molar-refractivity contribution >= 4 is 44.8 Å². The monoisotopic (exact) mass is 353 g/mol. The van der Waals surface area contributed by atoms with E-state index in [1.807, 2.05) is 19.1 Å². The lowest BCUT2D eigenvalue weighted by Gasteiger charge is -2.20. The van der Waals surface area contributed by atoms with Crippen LogP contribution in [0.15, 0.2) is 40.2 Å². The van der Waals surface area contributed by atoms with Crippen molar-refractivity contribution in [3.05, 3.63) is 50.6 Å². The quantitative estimate of drug-likeness (QED) is 0.914. The van der Waals surface area contributed by atoms with Gasteiger partial charge in [-0.1, -0.05) is 17.7 Å². The first kappa shape index (κ1) is 14.7. The number of carbonyl (C=O) groups excluding carboxylic acids is 1. The van der Waals surface area contributed by atoms with Gasteiger partial charge in [-0.25, -0.2) is 0 Å². The Labute approximate surface area is 128 Å². The van der Waals surface area contributed by atoms with Crippen LogP contribution in [0.5, 0.6) is 0 Å². The zero-order valence-electron chi connectivity index (χ0n) is 10.7. The molecule has 104 valence electrons. The van der Waals surface area contributed by atoms with Crippen LogP contribution in [-0.4, -0.2) is 23.5 Å². The van der Waals surface area contributed by atoms with E-state index in [0.29, 0.717) is 10.6 Å². The van der Waals surface area contributed by atoms with Gasteiger partial charge >= 0.3 is 5.97 Å². The molecule has 0 atom stereocenters. The van der Waals surface area contributed by atoms with E-state index in [9.17, 15) is 9.59 Å². The maximum absolute atomic E-state index is 12.4. The standard InChI is InChI=1S/C14H12BrNO3S/c1-9-2-4-10(5-3-9)16(8-13(17)18)14(19)11-6-7-12(15)20-11/h2-7H,8H2,1H3,(H,17,18). The van der Waals surface area contributed by atoms with Crippen LogP contribution in [0.3, 0.4) is 0 Å². The summed E-state index contributed by atoms with van der Waals surface area (Å²) in [5.41, 5.74) is 1.63. The van der Waals surface area contributed by atoms with Gasteiger partial charge in [0.05, 0.1) is 8.66 Å². The summed E-state index contributed by atoms with van der Waals surface area (Å²) < 4.78 is 0.833. The normalized spacial score (nSPS) is 10.3. The van der Waals surface area contributed by atoms with Gasteiger partial charge in [-0.05, 0) is 47.1 Å². The molecule has 2 aromatic rings. The zero-order chi connectivity index (χ0) is 14.7. The van der Waals surface area contributed by atoms with E-state index >= 15 is 0 Å². The highest BCUT2D eigenvalue weighted by atomic mass is 79.9. The molecule has 0 aliphatic rings. The third-order valence-electron chi connectivity index (χ3n) is 2.67. The number of benzene rings is 1. The van der Waals surface area contributed by atoms with Crippen LogP contribution in [-0.2, 0) is 4.79 Å². The van der Waals surface area contributed by atoms with Gasteiger partial charge in [-0.3, -0.25) is 14.5 Å². The molecule has 1 N–H and O–H groups in total. The third kappa shape index (κ3) is 3.46. The minimum Gasteiger partial charge on any atom is -0.480 e. The van der Waals surface area contributed by atoms with Crippen molar-refractivity contribution in [2.24, 2.45) is 0 Å². The van der Waals surface area contributed by atoms with E-state index in [0.717, 1.165) is 9.35 Å². The number of hydrogen-bond acceptors (Lipinski definition) is 3. The number of amides is 1. The number of anilines is 1. The number of carboxylic acids is 1. The molecule has 0 saturated carbocycles. The molecule has 1 amide bonds. The minimum atomic E-state index is -1.05. The first-order valence-corrected chi connectivity index (χ1v) is 7.44. The second kappa shape index (κ2) is 6.19. The molecule has 0 radical (unpaired) electrons. The number of aliphatic carboxylic acids is 1. The van der Waals surface area contributed by atoms with Crippen molar-refractivity contribution in [3.8, 4) is 0 Å². The molecule has 4 nitrogen and oxygen atoms in total. The average molecular weight is 354 g/mol. The molecule has 20 heavy (non-hydrogen) atoms. The molecule has 0 spiro atoms. The lowest BCUT2D eigenvalue weighted by Crippen LogP contribution is -2.35. The fourth-order valence-electron chi connectivity index (χ4n) is 1.70. The fourth-order valence-corrected chi connectivity index (χ4v) is 3.04. The van der Waals surface area contributed by atoms with Crippen LogP contribution >= 0.6 is 27.3 Å². The highest BCUT2D eigenvalue weighted by Gasteiger charge is 2.21. The van der Waals surface area contributed by atoms with Gasteiger partial charge in [-0.2, -0.15) is 0 Å². The second-order valence-electron chi connectivity index (χ2n) is 4.22. The van der Waals surface area contributed by atoms with E-state index in [2.05, 4.69) is 15.9 Å². The molecular formula is C14H12BrNO3S. The molecule has 1 aromatic heterocycles. The zero-order valence-corrected chi connectivity index (χ0v) is 13.1. The lowest BCUT2D eigenvalue weighted by molar-refractivity contribution is -0.135. The molecule has 0 bridgehead atoms. The predicted octanol–water partition coefficient (Wildman–Crippen LogP) is 3.55. The van der Waals surface area contributed by atoms with E-state index in [4.69, 9.17) is 5.11 Å². The Hall–Kier alpha value is -1.66. The van der Waals surface area contributed by atoms with Gasteiger partial charge in [-0.15, -0.1) is 11.3 Å². The minimum absolute atomic E-state index is 0.313. The number of carbonyl (C=O) groups is 2. The molecular weight excluding hydrogens is 342 g/mol. The molecule has 2 rings (SSSR count). The Kier molecular flexibility index (Phi) is 4.57. The number of nitrogens with zero attached hydrogens (tertiary/aromatic N) is 1. The van der Waals surface area contributed by atoms with Crippen LogP contribution < -0.4 is 4.90 Å². The summed E-state index contributed by atoms with van der Waals surface area (Å²) in [4.78, 5) is 25.2. The SMILES string of the molecule is Cc1ccc(N(CC(=O)O)C(=O)c2ccc(Br)s2)cc1. The summed E-state index contributed by atoms with van der Waals surface area (Å²) in [5, 5.41) is 9.00. The van der Waals surface area contributed by atoms with Gasteiger partial charge in [0.15, 0.2) is 0 Å². The van der Waals surface area contributed by atoms with Gasteiger partial charge in [0.25, 0.3) is 5.91 Å². The molecule has 0 aliphatic carbocycles. The van der Waals surface area contributed by atoms with Crippen molar-refractivity contribution in [3.63, 3.8) is 0 Å². The van der Waals surface area contributed by atoms with Crippen molar-refractivity contribution in [1.82, 2.24) is 0 Å². The number of aryl methyl sites for hydroxylation is 1. The molecule has 0 unspecified atom stereocenters. The van der Waals surface area contributed by atoms with E-state index in [1.165, 1.54) is 16.2 Å². The third-order valence-corrected chi connectivity index (χ3v) is 4.28. The maximum Gasteiger partial charge on any atom is 0.323 e. The van der Waals surface area contributed by atoms with Gasteiger partial charge in [0, 0.05) is 5.69 Å². The predicted molar refractivity (Wildman–Crippen MR) is 82.5 cm³/mol. The molecule has 6 heteroatoms. The highest BCUT2D eigenvalue weighted by molar-refractivity contribution is 9.11. The molecule has 1 heterocycles. The van der Waals surface area contributed by atoms with Crippen molar-refractivity contribution in [1.29, 1.82) is 0 Å². The van der Waals surface area contributed by atoms with Crippen LogP contribution in [0.25, 0.3) is 0 Å². The molecule has 0 saturated heterocycles. The van der Waals surface area contributed by atoms with E-state index in [1.54, 1.807) is 24.3 Å². The van der Waals surface area contributed by atoms with Crippen molar-refractivity contribution < 1.29 is 14.7 Å². The average Bonchev–Trinajstić information content (AvgIpc) is 2.83. The number of carboxylic acid groups (broad SMARTS) is 1. The Morgan fingerprint density at radius 2 is 1.85 bits per heavy atom.